The van der Waals surface area contributed by atoms with E-state index >= 15 is 0 Å². The smallest absolute Gasteiger partial charge is 0.325 e. The molecule has 1 saturated carbocycles. The Balaban J connectivity index is 1.57. The van der Waals surface area contributed by atoms with Crippen molar-refractivity contribution in [3.63, 3.8) is 0 Å². The molecular weight excluding hydrogens is 339 g/mol. The Kier molecular flexibility index (Phi) is 5.76. The highest BCUT2D eigenvalue weighted by molar-refractivity contribution is 6.07. The van der Waals surface area contributed by atoms with Crippen LogP contribution in [0.2, 0.25) is 0 Å². The van der Waals surface area contributed by atoms with E-state index in [0.717, 1.165) is 30.6 Å². The van der Waals surface area contributed by atoms with Crippen molar-refractivity contribution in [3.8, 4) is 5.75 Å². The molecule has 1 atom stereocenters. The van der Waals surface area contributed by atoms with Gasteiger partial charge in [-0.05, 0) is 37.1 Å². The number of imide groups is 1. The number of rotatable bonds is 5. The summed E-state index contributed by atoms with van der Waals surface area (Å²) in [4.78, 5) is 26.3. The molecule has 1 aromatic carbocycles. The number of aliphatic hydroxyl groups excluding tert-OH is 1. The number of carbonyl (C=O) groups excluding carboxylic acids is 2. The molecule has 1 aliphatic heterocycles. The SMILES string of the molecule is O=C1NC2(CCCCCCC2)C(=O)N1CC(O)COc1ccc(F)cc1. The average molecular weight is 364 g/mol. The summed E-state index contributed by atoms with van der Waals surface area (Å²) < 4.78 is 18.3. The summed E-state index contributed by atoms with van der Waals surface area (Å²) in [5, 5.41) is 13.0. The maximum atomic E-state index is 12.9. The Bertz CT molecular complexity index is 641. The number of hydrogen-bond acceptors (Lipinski definition) is 4. The van der Waals surface area contributed by atoms with Crippen LogP contribution in [0.4, 0.5) is 9.18 Å². The topological polar surface area (TPSA) is 78.9 Å². The van der Waals surface area contributed by atoms with E-state index < -0.39 is 17.7 Å². The van der Waals surface area contributed by atoms with Gasteiger partial charge in [0.05, 0.1) is 6.54 Å². The number of amides is 3. The van der Waals surface area contributed by atoms with E-state index in [1.165, 1.54) is 30.7 Å². The van der Waals surface area contributed by atoms with Gasteiger partial charge in [-0.1, -0.05) is 32.1 Å². The zero-order valence-corrected chi connectivity index (χ0v) is 14.7. The third-order valence-electron chi connectivity index (χ3n) is 5.10. The molecule has 1 aliphatic carbocycles. The highest BCUT2D eigenvalue weighted by atomic mass is 19.1. The molecule has 3 rings (SSSR count). The van der Waals surface area contributed by atoms with Gasteiger partial charge in [0.25, 0.3) is 5.91 Å². The molecule has 2 fully saturated rings. The van der Waals surface area contributed by atoms with Gasteiger partial charge in [-0.15, -0.1) is 0 Å². The summed E-state index contributed by atoms with van der Waals surface area (Å²) in [7, 11) is 0. The van der Waals surface area contributed by atoms with Gasteiger partial charge in [0.1, 0.15) is 29.8 Å². The van der Waals surface area contributed by atoms with E-state index in [2.05, 4.69) is 5.32 Å². The average Bonchev–Trinajstić information content (AvgIpc) is 2.83. The highest BCUT2D eigenvalue weighted by Gasteiger charge is 2.50. The van der Waals surface area contributed by atoms with Crippen molar-refractivity contribution in [2.24, 2.45) is 0 Å². The second kappa shape index (κ2) is 8.03. The van der Waals surface area contributed by atoms with Crippen molar-refractivity contribution < 1.29 is 23.8 Å². The summed E-state index contributed by atoms with van der Waals surface area (Å²) in [6.45, 7) is -0.205. The fraction of sp³-hybridized carbons (Fsp3) is 0.579. The third kappa shape index (κ3) is 4.15. The molecule has 0 bridgehead atoms. The van der Waals surface area contributed by atoms with Gasteiger partial charge in [-0.25, -0.2) is 9.18 Å². The predicted octanol–water partition coefficient (Wildman–Crippen LogP) is 2.60. The lowest BCUT2D eigenvalue weighted by molar-refractivity contribution is -0.133. The number of ether oxygens (including phenoxy) is 1. The maximum absolute atomic E-state index is 12.9. The van der Waals surface area contributed by atoms with Crippen molar-refractivity contribution >= 4 is 11.9 Å². The van der Waals surface area contributed by atoms with Crippen LogP contribution in [0.3, 0.4) is 0 Å². The van der Waals surface area contributed by atoms with Crippen LogP contribution >= 0.6 is 0 Å². The van der Waals surface area contributed by atoms with E-state index in [0.29, 0.717) is 18.6 Å². The van der Waals surface area contributed by atoms with E-state index in [1.807, 2.05) is 0 Å². The molecule has 1 unspecified atom stereocenters. The normalized spacial score (nSPS) is 21.2. The molecule has 0 radical (unpaired) electrons. The Morgan fingerprint density at radius 1 is 1.12 bits per heavy atom. The van der Waals surface area contributed by atoms with E-state index in [-0.39, 0.29) is 24.9 Å². The molecule has 2 aliphatic rings. The predicted molar refractivity (Wildman–Crippen MR) is 93.2 cm³/mol. The largest absolute Gasteiger partial charge is 0.491 e. The van der Waals surface area contributed by atoms with Gasteiger partial charge in [0.15, 0.2) is 0 Å². The second-order valence-corrected chi connectivity index (χ2v) is 7.11. The number of nitrogens with one attached hydrogen (secondary N) is 1. The summed E-state index contributed by atoms with van der Waals surface area (Å²) >= 11 is 0. The van der Waals surface area contributed by atoms with Crippen molar-refractivity contribution in [1.82, 2.24) is 10.2 Å². The Labute approximate surface area is 152 Å². The van der Waals surface area contributed by atoms with Gasteiger partial charge in [-0.3, -0.25) is 9.69 Å². The van der Waals surface area contributed by atoms with E-state index in [4.69, 9.17) is 4.74 Å². The fourth-order valence-corrected chi connectivity index (χ4v) is 3.68. The molecule has 7 heteroatoms. The third-order valence-corrected chi connectivity index (χ3v) is 5.10. The standard InChI is InChI=1S/C19H25FN2O4/c20-14-6-8-16(9-7-14)26-13-15(23)12-22-17(24)19(21-18(22)25)10-4-2-1-3-5-11-19/h6-9,15,23H,1-5,10-13H2,(H,21,25). The zero-order valence-electron chi connectivity index (χ0n) is 14.7. The molecule has 1 spiro atoms. The minimum absolute atomic E-state index is 0.0876. The van der Waals surface area contributed by atoms with Crippen molar-refractivity contribution in [1.29, 1.82) is 0 Å². The summed E-state index contributed by atoms with van der Waals surface area (Å²) in [6.07, 6.45) is 5.41. The van der Waals surface area contributed by atoms with Crippen LogP contribution < -0.4 is 10.1 Å². The number of hydrogen-bond donors (Lipinski definition) is 2. The van der Waals surface area contributed by atoms with Crippen LogP contribution in [0.1, 0.15) is 44.9 Å². The summed E-state index contributed by atoms with van der Waals surface area (Å²) in [5.74, 6) is -0.203. The molecule has 2 N–H and O–H groups in total. The van der Waals surface area contributed by atoms with Crippen molar-refractivity contribution in [2.45, 2.75) is 56.6 Å². The van der Waals surface area contributed by atoms with Crippen LogP contribution in [0.15, 0.2) is 24.3 Å². The first-order valence-electron chi connectivity index (χ1n) is 9.21. The van der Waals surface area contributed by atoms with Gasteiger partial charge in [-0.2, -0.15) is 0 Å². The number of halogens is 1. The van der Waals surface area contributed by atoms with Crippen LogP contribution in [0.5, 0.6) is 5.75 Å². The van der Waals surface area contributed by atoms with Gasteiger partial charge >= 0.3 is 6.03 Å². The number of carbonyl (C=O) groups is 2. The first-order chi connectivity index (χ1) is 12.5. The lowest BCUT2D eigenvalue weighted by Crippen LogP contribution is -2.48. The highest BCUT2D eigenvalue weighted by Crippen LogP contribution is 2.32. The molecule has 0 aromatic heterocycles. The van der Waals surface area contributed by atoms with Gasteiger partial charge < -0.3 is 15.2 Å². The molecule has 1 heterocycles. The van der Waals surface area contributed by atoms with E-state index in [1.54, 1.807) is 0 Å². The van der Waals surface area contributed by atoms with Gasteiger partial charge in [0, 0.05) is 0 Å². The number of benzene rings is 1. The molecular formula is C19H25FN2O4. The number of β-amino-alcohol motifs (C(OH)–C–C–N with tert-alkyl or cyclic N) is 1. The summed E-state index contributed by atoms with van der Waals surface area (Å²) in [5.41, 5.74) is -0.810. The molecule has 3 amide bonds. The molecule has 142 valence electrons. The van der Waals surface area contributed by atoms with E-state index in [9.17, 15) is 19.1 Å². The molecule has 1 aromatic rings. The van der Waals surface area contributed by atoms with Gasteiger partial charge in [0.2, 0.25) is 0 Å². The van der Waals surface area contributed by atoms with Crippen molar-refractivity contribution in [2.75, 3.05) is 13.2 Å². The van der Waals surface area contributed by atoms with Crippen LogP contribution in [0, 0.1) is 5.82 Å². The number of aliphatic hydroxyl groups is 1. The minimum atomic E-state index is -1.02. The summed E-state index contributed by atoms with van der Waals surface area (Å²) in [6, 6.07) is 4.99. The Morgan fingerprint density at radius 2 is 1.73 bits per heavy atom. The lowest BCUT2D eigenvalue weighted by Gasteiger charge is -2.28. The first kappa shape index (κ1) is 18.6. The number of nitrogens with zero attached hydrogens (tertiary/aromatic N) is 1. The maximum Gasteiger partial charge on any atom is 0.325 e. The Morgan fingerprint density at radius 3 is 2.38 bits per heavy atom. The zero-order chi connectivity index (χ0) is 18.6. The molecule has 6 nitrogen and oxygen atoms in total. The van der Waals surface area contributed by atoms with Crippen LogP contribution in [0.25, 0.3) is 0 Å². The quantitative estimate of drug-likeness (QED) is 0.787. The second-order valence-electron chi connectivity index (χ2n) is 7.11. The lowest BCUT2D eigenvalue weighted by atomic mass is 9.84. The van der Waals surface area contributed by atoms with Crippen molar-refractivity contribution in [3.05, 3.63) is 30.1 Å². The number of urea groups is 1. The van der Waals surface area contributed by atoms with Crippen LogP contribution in [-0.4, -0.2) is 46.7 Å². The fourth-order valence-electron chi connectivity index (χ4n) is 3.68. The first-order valence-corrected chi connectivity index (χ1v) is 9.21. The molecule has 26 heavy (non-hydrogen) atoms. The minimum Gasteiger partial charge on any atom is -0.491 e. The van der Waals surface area contributed by atoms with Crippen LogP contribution in [-0.2, 0) is 4.79 Å². The monoisotopic (exact) mass is 364 g/mol. The Hall–Kier alpha value is -2.15. The molecule has 1 saturated heterocycles.